The van der Waals surface area contributed by atoms with Gasteiger partial charge in [-0.1, -0.05) is 0 Å². The molecule has 2 heterocycles. The van der Waals surface area contributed by atoms with E-state index < -0.39 is 0 Å². The molecular weight excluding hydrogens is 232 g/mol. The Labute approximate surface area is 106 Å². The molecule has 1 aliphatic heterocycles. The summed E-state index contributed by atoms with van der Waals surface area (Å²) in [5, 5.41) is 7.54. The minimum atomic E-state index is -0.135. The molecule has 0 bridgehead atoms. The number of fused-ring (bicyclic) bond motifs is 1. The Balaban J connectivity index is 2.14. The summed E-state index contributed by atoms with van der Waals surface area (Å²) in [6, 6.07) is 1.62. The molecule has 6 heteroatoms. The Hall–Kier alpha value is -1.69. The van der Waals surface area contributed by atoms with E-state index in [2.05, 4.69) is 10.4 Å². The topological polar surface area (TPSA) is 67.2 Å². The van der Waals surface area contributed by atoms with Crippen LogP contribution >= 0.6 is 0 Å². The van der Waals surface area contributed by atoms with Gasteiger partial charge in [-0.25, -0.2) is 4.68 Å². The smallest absolute Gasteiger partial charge is 0.267 e. The maximum Gasteiger partial charge on any atom is 0.267 e. The molecule has 1 aromatic rings. The van der Waals surface area contributed by atoms with Crippen molar-refractivity contribution < 1.29 is 4.79 Å². The van der Waals surface area contributed by atoms with Crippen molar-refractivity contribution in [1.29, 1.82) is 0 Å². The first-order valence-electron chi connectivity index (χ1n) is 6.08. The van der Waals surface area contributed by atoms with Crippen molar-refractivity contribution in [1.82, 2.24) is 20.0 Å². The third kappa shape index (κ3) is 2.76. The van der Waals surface area contributed by atoms with Crippen LogP contribution in [0.15, 0.2) is 10.9 Å². The summed E-state index contributed by atoms with van der Waals surface area (Å²) in [4.78, 5) is 24.8. The van der Waals surface area contributed by atoms with E-state index in [1.165, 1.54) is 9.58 Å². The van der Waals surface area contributed by atoms with Crippen molar-refractivity contribution in [2.75, 3.05) is 20.6 Å². The van der Waals surface area contributed by atoms with Crippen LogP contribution in [0.2, 0.25) is 0 Å². The van der Waals surface area contributed by atoms with Gasteiger partial charge in [0.2, 0.25) is 5.91 Å². The lowest BCUT2D eigenvalue weighted by Crippen LogP contribution is -2.33. The van der Waals surface area contributed by atoms with Crippen LogP contribution in [0.5, 0.6) is 0 Å². The van der Waals surface area contributed by atoms with Crippen molar-refractivity contribution in [3.05, 3.63) is 27.7 Å². The molecule has 2 rings (SSSR count). The standard InChI is InChI=1S/C12H18N4O2/c1-15(2)11(17)4-6-16-12(18)7-9-8-13-5-3-10(9)14-16/h7,13H,3-6,8H2,1-2H3. The second kappa shape index (κ2) is 5.30. The van der Waals surface area contributed by atoms with E-state index in [1.54, 1.807) is 20.2 Å². The molecule has 0 atom stereocenters. The van der Waals surface area contributed by atoms with Gasteiger partial charge in [0, 0.05) is 46.1 Å². The average molecular weight is 250 g/mol. The van der Waals surface area contributed by atoms with Gasteiger partial charge in [-0.05, 0) is 5.56 Å². The van der Waals surface area contributed by atoms with E-state index in [0.29, 0.717) is 19.5 Å². The van der Waals surface area contributed by atoms with Crippen LogP contribution < -0.4 is 10.9 Å². The minimum absolute atomic E-state index is 0.00286. The minimum Gasteiger partial charge on any atom is -0.349 e. The fraction of sp³-hybridized carbons (Fsp3) is 0.583. The molecule has 1 aliphatic rings. The number of nitrogens with one attached hydrogen (secondary N) is 1. The highest BCUT2D eigenvalue weighted by atomic mass is 16.2. The summed E-state index contributed by atoms with van der Waals surface area (Å²) >= 11 is 0. The summed E-state index contributed by atoms with van der Waals surface area (Å²) in [5.41, 5.74) is 1.80. The van der Waals surface area contributed by atoms with Gasteiger partial charge in [0.05, 0.1) is 12.2 Å². The van der Waals surface area contributed by atoms with Gasteiger partial charge >= 0.3 is 0 Å². The molecule has 0 aromatic carbocycles. The van der Waals surface area contributed by atoms with E-state index in [1.807, 2.05) is 0 Å². The Morgan fingerprint density at radius 3 is 3.06 bits per heavy atom. The monoisotopic (exact) mass is 250 g/mol. The van der Waals surface area contributed by atoms with Crippen LogP contribution in [-0.2, 0) is 24.3 Å². The van der Waals surface area contributed by atoms with Crippen LogP contribution in [0.1, 0.15) is 17.7 Å². The van der Waals surface area contributed by atoms with E-state index in [9.17, 15) is 9.59 Å². The molecule has 1 amide bonds. The SMILES string of the molecule is CN(C)C(=O)CCn1nc2c(cc1=O)CNCC2. The highest BCUT2D eigenvalue weighted by Crippen LogP contribution is 2.07. The summed E-state index contributed by atoms with van der Waals surface area (Å²) in [7, 11) is 3.41. The molecule has 1 N–H and O–H groups in total. The molecule has 0 saturated heterocycles. The number of carbonyl (C=O) groups is 1. The van der Waals surface area contributed by atoms with Crippen LogP contribution in [-0.4, -0.2) is 41.2 Å². The first kappa shape index (κ1) is 12.8. The van der Waals surface area contributed by atoms with Crippen molar-refractivity contribution >= 4 is 5.91 Å². The Kier molecular flexibility index (Phi) is 3.76. The van der Waals surface area contributed by atoms with Crippen LogP contribution in [0.3, 0.4) is 0 Å². The van der Waals surface area contributed by atoms with Gasteiger partial charge in [-0.15, -0.1) is 0 Å². The van der Waals surface area contributed by atoms with E-state index >= 15 is 0 Å². The largest absolute Gasteiger partial charge is 0.349 e. The number of aromatic nitrogens is 2. The second-order valence-corrected chi connectivity index (χ2v) is 4.64. The zero-order chi connectivity index (χ0) is 13.1. The van der Waals surface area contributed by atoms with Crippen molar-refractivity contribution in [2.45, 2.75) is 25.9 Å². The maximum atomic E-state index is 11.8. The third-order valence-electron chi connectivity index (χ3n) is 3.05. The predicted octanol–water partition coefficient (Wildman–Crippen LogP) is -0.633. The number of aryl methyl sites for hydroxylation is 1. The lowest BCUT2D eigenvalue weighted by Gasteiger charge is -2.17. The molecule has 6 nitrogen and oxygen atoms in total. The number of rotatable bonds is 3. The molecule has 18 heavy (non-hydrogen) atoms. The average Bonchev–Trinajstić information content (AvgIpc) is 2.35. The molecule has 1 aromatic heterocycles. The number of hydrogen-bond acceptors (Lipinski definition) is 4. The van der Waals surface area contributed by atoms with Gasteiger partial charge in [0.25, 0.3) is 5.56 Å². The molecule has 0 spiro atoms. The lowest BCUT2D eigenvalue weighted by atomic mass is 10.1. The Morgan fingerprint density at radius 1 is 1.56 bits per heavy atom. The molecule has 0 radical (unpaired) electrons. The van der Waals surface area contributed by atoms with Crippen molar-refractivity contribution in [3.8, 4) is 0 Å². The lowest BCUT2D eigenvalue weighted by molar-refractivity contribution is -0.128. The highest BCUT2D eigenvalue weighted by Gasteiger charge is 2.13. The predicted molar refractivity (Wildman–Crippen MR) is 67.2 cm³/mol. The van der Waals surface area contributed by atoms with Gasteiger partial charge in [-0.3, -0.25) is 9.59 Å². The Bertz CT molecular complexity index is 507. The van der Waals surface area contributed by atoms with Crippen LogP contribution in [0, 0.1) is 0 Å². The van der Waals surface area contributed by atoms with Gasteiger partial charge in [0.15, 0.2) is 0 Å². The molecule has 0 fully saturated rings. The maximum absolute atomic E-state index is 11.8. The van der Waals surface area contributed by atoms with E-state index in [4.69, 9.17) is 0 Å². The second-order valence-electron chi connectivity index (χ2n) is 4.64. The van der Waals surface area contributed by atoms with E-state index in [-0.39, 0.29) is 11.5 Å². The molecule has 0 saturated carbocycles. The van der Waals surface area contributed by atoms with Crippen LogP contribution in [0.25, 0.3) is 0 Å². The van der Waals surface area contributed by atoms with Crippen LogP contribution in [0.4, 0.5) is 0 Å². The first-order valence-corrected chi connectivity index (χ1v) is 6.08. The highest BCUT2D eigenvalue weighted by molar-refractivity contribution is 5.75. The molecule has 0 unspecified atom stereocenters. The number of nitrogens with zero attached hydrogens (tertiary/aromatic N) is 3. The third-order valence-corrected chi connectivity index (χ3v) is 3.05. The van der Waals surface area contributed by atoms with Crippen molar-refractivity contribution in [3.63, 3.8) is 0 Å². The van der Waals surface area contributed by atoms with Gasteiger partial charge in [0.1, 0.15) is 0 Å². The fourth-order valence-electron chi connectivity index (χ4n) is 1.94. The summed E-state index contributed by atoms with van der Waals surface area (Å²) in [5.74, 6) is 0.00286. The van der Waals surface area contributed by atoms with Gasteiger partial charge in [-0.2, -0.15) is 5.10 Å². The normalized spacial score (nSPS) is 14.1. The number of carbonyl (C=O) groups excluding carboxylic acids is 1. The number of amides is 1. The first-order chi connectivity index (χ1) is 8.58. The van der Waals surface area contributed by atoms with E-state index in [0.717, 1.165) is 24.2 Å². The van der Waals surface area contributed by atoms with Gasteiger partial charge < -0.3 is 10.2 Å². The summed E-state index contributed by atoms with van der Waals surface area (Å²) in [6.45, 7) is 1.93. The quantitative estimate of drug-likeness (QED) is 0.775. The zero-order valence-corrected chi connectivity index (χ0v) is 10.8. The number of hydrogen-bond donors (Lipinski definition) is 1. The molecule has 0 aliphatic carbocycles. The molecular formula is C12H18N4O2. The summed E-state index contributed by atoms with van der Waals surface area (Å²) < 4.78 is 1.39. The molecule has 98 valence electrons. The zero-order valence-electron chi connectivity index (χ0n) is 10.8. The Morgan fingerprint density at radius 2 is 2.33 bits per heavy atom. The van der Waals surface area contributed by atoms with Crippen molar-refractivity contribution in [2.24, 2.45) is 0 Å². The fourth-order valence-corrected chi connectivity index (χ4v) is 1.94. The summed E-state index contributed by atoms with van der Waals surface area (Å²) in [6.07, 6.45) is 1.13.